The van der Waals surface area contributed by atoms with Gasteiger partial charge in [-0.05, 0) is 104 Å². The molecule has 0 aliphatic heterocycles. The number of carbonyl (C=O) groups is 2. The molecule has 0 spiro atoms. The van der Waals surface area contributed by atoms with E-state index in [1.807, 2.05) is 0 Å². The molecule has 4 saturated carbocycles. The van der Waals surface area contributed by atoms with Crippen LogP contribution in [0.25, 0.3) is 0 Å². The SMILES string of the molecule is CC1=CC[C@]2(C=O)CC[C@]3(C)[C@H](CC[C@@H]4[C@@]5(C)CCC(=O)C(C)(C)[C@@H]5CC[C@]43C)[C@H]2[C@@H]1C. The lowest BCUT2D eigenvalue weighted by Gasteiger charge is -2.73. The van der Waals surface area contributed by atoms with Crippen molar-refractivity contribution >= 4 is 12.1 Å². The molecule has 2 heteroatoms. The Kier molecular flexibility index (Phi) is 4.87. The zero-order valence-electron chi connectivity index (χ0n) is 21.7. The minimum absolute atomic E-state index is 0.132. The van der Waals surface area contributed by atoms with Crippen molar-refractivity contribution in [3.8, 4) is 0 Å². The molecule has 5 aliphatic carbocycles. The van der Waals surface area contributed by atoms with Crippen LogP contribution in [-0.4, -0.2) is 12.1 Å². The molecule has 0 N–H and O–H groups in total. The first-order valence-corrected chi connectivity index (χ1v) is 13.5. The van der Waals surface area contributed by atoms with Crippen LogP contribution < -0.4 is 0 Å². The standard InChI is InChI=1S/C30H46O2/c1-19-10-15-30(18-31)17-16-28(6)21(25(30)20(19)2)8-9-23-27(5)13-12-24(32)26(3,4)22(27)11-14-29(23,28)7/h10,18,20-23,25H,8-9,11-17H2,1-7H3/t20-,21-,22+,23-,25-,27+,28-,29-,30-/m1/s1. The van der Waals surface area contributed by atoms with E-state index in [0.717, 1.165) is 25.7 Å². The van der Waals surface area contributed by atoms with E-state index in [-0.39, 0.29) is 16.2 Å². The van der Waals surface area contributed by atoms with E-state index in [2.05, 4.69) is 54.5 Å². The van der Waals surface area contributed by atoms with Gasteiger partial charge in [-0.25, -0.2) is 0 Å². The molecule has 4 fully saturated rings. The Morgan fingerprint density at radius 3 is 2.31 bits per heavy atom. The van der Waals surface area contributed by atoms with E-state index in [0.29, 0.717) is 46.2 Å². The van der Waals surface area contributed by atoms with Gasteiger partial charge in [-0.3, -0.25) is 4.79 Å². The number of ketones is 1. The van der Waals surface area contributed by atoms with Crippen molar-refractivity contribution in [3.05, 3.63) is 11.6 Å². The summed E-state index contributed by atoms with van der Waals surface area (Å²) in [7, 11) is 0. The fourth-order valence-electron chi connectivity index (χ4n) is 11.0. The second-order valence-corrected chi connectivity index (χ2v) is 14.1. The van der Waals surface area contributed by atoms with Crippen LogP contribution >= 0.6 is 0 Å². The van der Waals surface area contributed by atoms with Gasteiger partial charge >= 0.3 is 0 Å². The summed E-state index contributed by atoms with van der Waals surface area (Å²) >= 11 is 0. The van der Waals surface area contributed by atoms with Gasteiger partial charge in [0.1, 0.15) is 12.1 Å². The number of allylic oxidation sites excluding steroid dienone is 2. The Balaban J connectivity index is 1.57. The Morgan fingerprint density at radius 2 is 1.62 bits per heavy atom. The highest BCUT2D eigenvalue weighted by Crippen LogP contribution is 2.76. The van der Waals surface area contributed by atoms with Gasteiger partial charge < -0.3 is 4.79 Å². The molecule has 0 bridgehead atoms. The second kappa shape index (κ2) is 6.82. The van der Waals surface area contributed by atoms with Crippen molar-refractivity contribution in [2.75, 3.05) is 0 Å². The van der Waals surface area contributed by atoms with Crippen molar-refractivity contribution < 1.29 is 9.59 Å². The monoisotopic (exact) mass is 438 g/mol. The number of hydrogen-bond donors (Lipinski definition) is 0. The smallest absolute Gasteiger partial charge is 0.138 e. The fourth-order valence-corrected chi connectivity index (χ4v) is 11.0. The third-order valence-electron chi connectivity index (χ3n) is 13.2. The molecule has 0 amide bonds. The maximum atomic E-state index is 12.9. The Labute approximate surface area is 196 Å². The molecular weight excluding hydrogens is 392 g/mol. The highest BCUT2D eigenvalue weighted by atomic mass is 16.1. The quantitative estimate of drug-likeness (QED) is 0.315. The molecule has 0 aromatic carbocycles. The van der Waals surface area contributed by atoms with Gasteiger partial charge in [-0.2, -0.15) is 0 Å². The van der Waals surface area contributed by atoms with Gasteiger partial charge in [-0.15, -0.1) is 0 Å². The van der Waals surface area contributed by atoms with E-state index in [9.17, 15) is 9.59 Å². The molecule has 32 heavy (non-hydrogen) atoms. The molecule has 0 radical (unpaired) electrons. The van der Waals surface area contributed by atoms with Gasteiger partial charge in [-0.1, -0.05) is 53.2 Å². The summed E-state index contributed by atoms with van der Waals surface area (Å²) in [4.78, 5) is 25.5. The highest BCUT2D eigenvalue weighted by molar-refractivity contribution is 5.85. The number of hydrogen-bond acceptors (Lipinski definition) is 2. The van der Waals surface area contributed by atoms with Crippen LogP contribution in [0, 0.1) is 56.7 Å². The van der Waals surface area contributed by atoms with Crippen molar-refractivity contribution in [2.45, 2.75) is 106 Å². The third-order valence-corrected chi connectivity index (χ3v) is 13.2. The summed E-state index contributed by atoms with van der Waals surface area (Å²) in [6, 6.07) is 0. The second-order valence-electron chi connectivity index (χ2n) is 14.1. The van der Waals surface area contributed by atoms with Crippen LogP contribution in [0.4, 0.5) is 0 Å². The molecular formula is C30H46O2. The minimum atomic E-state index is -0.175. The predicted molar refractivity (Wildman–Crippen MR) is 130 cm³/mol. The number of aldehydes is 1. The Bertz CT molecular complexity index is 868. The van der Waals surface area contributed by atoms with Crippen LogP contribution in [0.2, 0.25) is 0 Å². The molecule has 178 valence electrons. The summed E-state index contributed by atoms with van der Waals surface area (Å²) in [6.45, 7) is 17.0. The molecule has 2 nitrogen and oxygen atoms in total. The van der Waals surface area contributed by atoms with Crippen LogP contribution in [0.1, 0.15) is 106 Å². The van der Waals surface area contributed by atoms with Crippen molar-refractivity contribution in [1.82, 2.24) is 0 Å². The molecule has 0 unspecified atom stereocenters. The zero-order valence-corrected chi connectivity index (χ0v) is 21.7. The summed E-state index contributed by atoms with van der Waals surface area (Å²) in [5, 5.41) is 0. The molecule has 0 heterocycles. The first-order valence-electron chi connectivity index (χ1n) is 13.5. The topological polar surface area (TPSA) is 34.1 Å². The van der Waals surface area contributed by atoms with Crippen molar-refractivity contribution in [3.63, 3.8) is 0 Å². The fraction of sp³-hybridized carbons (Fsp3) is 0.867. The number of fused-ring (bicyclic) bond motifs is 7. The average Bonchev–Trinajstić information content (AvgIpc) is 2.74. The normalized spacial score (nSPS) is 54.4. The van der Waals surface area contributed by atoms with Crippen LogP contribution in [0.15, 0.2) is 11.6 Å². The molecule has 0 saturated heterocycles. The summed E-state index contributed by atoms with van der Waals surface area (Å²) in [6.07, 6.45) is 13.8. The van der Waals surface area contributed by atoms with Gasteiger partial charge in [0.05, 0.1) is 0 Å². The van der Waals surface area contributed by atoms with Gasteiger partial charge in [0.25, 0.3) is 0 Å². The van der Waals surface area contributed by atoms with Gasteiger partial charge in [0, 0.05) is 17.3 Å². The first kappa shape index (κ1) is 22.9. The van der Waals surface area contributed by atoms with E-state index >= 15 is 0 Å². The maximum Gasteiger partial charge on any atom is 0.138 e. The number of carbonyl (C=O) groups excluding carboxylic acids is 2. The molecule has 0 aromatic heterocycles. The van der Waals surface area contributed by atoms with E-state index in [1.54, 1.807) is 0 Å². The van der Waals surface area contributed by atoms with Crippen molar-refractivity contribution in [2.24, 2.45) is 56.7 Å². The molecule has 0 aromatic rings. The lowest BCUT2D eigenvalue weighted by atomic mass is 9.31. The van der Waals surface area contributed by atoms with Crippen LogP contribution in [0.5, 0.6) is 0 Å². The van der Waals surface area contributed by atoms with Gasteiger partial charge in [0.2, 0.25) is 0 Å². The highest BCUT2D eigenvalue weighted by Gasteiger charge is 2.70. The Morgan fingerprint density at radius 1 is 0.906 bits per heavy atom. The number of rotatable bonds is 1. The van der Waals surface area contributed by atoms with Crippen LogP contribution in [0.3, 0.4) is 0 Å². The largest absolute Gasteiger partial charge is 0.303 e. The molecule has 5 aliphatic rings. The zero-order chi connectivity index (χ0) is 23.3. The lowest BCUT2D eigenvalue weighted by molar-refractivity contribution is -0.236. The van der Waals surface area contributed by atoms with Crippen LogP contribution in [-0.2, 0) is 9.59 Å². The lowest BCUT2D eigenvalue weighted by Crippen LogP contribution is -2.67. The first-order chi connectivity index (χ1) is 14.9. The van der Waals surface area contributed by atoms with E-state index < -0.39 is 0 Å². The molecule has 5 rings (SSSR count). The summed E-state index contributed by atoms with van der Waals surface area (Å²) < 4.78 is 0. The number of Topliss-reactive ketones (excluding diaryl/α,β-unsaturated/α-hetero) is 1. The van der Waals surface area contributed by atoms with Crippen molar-refractivity contribution in [1.29, 1.82) is 0 Å². The predicted octanol–water partition coefficient (Wildman–Crippen LogP) is 7.41. The Hall–Kier alpha value is -0.920. The summed E-state index contributed by atoms with van der Waals surface area (Å²) in [5.74, 6) is 3.36. The maximum absolute atomic E-state index is 12.9. The molecule has 9 atom stereocenters. The third kappa shape index (κ3) is 2.54. The summed E-state index contributed by atoms with van der Waals surface area (Å²) in [5.41, 5.74) is 2.07. The minimum Gasteiger partial charge on any atom is -0.303 e. The van der Waals surface area contributed by atoms with E-state index in [4.69, 9.17) is 0 Å². The average molecular weight is 439 g/mol. The van der Waals surface area contributed by atoms with E-state index in [1.165, 1.54) is 44.0 Å². The van der Waals surface area contributed by atoms with Gasteiger partial charge in [0.15, 0.2) is 0 Å².